The molecule has 0 heterocycles. The quantitative estimate of drug-likeness (QED) is 0.276. The van der Waals surface area contributed by atoms with Crippen molar-refractivity contribution in [1.29, 1.82) is 0 Å². The highest BCUT2D eigenvalue weighted by Crippen LogP contribution is 2.27. The summed E-state index contributed by atoms with van der Waals surface area (Å²) in [5.74, 6) is 0.151. The molecule has 3 rings (SSSR count). The summed E-state index contributed by atoms with van der Waals surface area (Å²) in [6.07, 6.45) is 0.355. The minimum absolute atomic E-state index is 0.0835. The molecule has 0 unspecified atom stereocenters. The summed E-state index contributed by atoms with van der Waals surface area (Å²) in [4.78, 5) is 29.0. The van der Waals surface area contributed by atoms with E-state index in [9.17, 15) is 18.0 Å². The third-order valence-corrected chi connectivity index (χ3v) is 8.85. The molecule has 0 radical (unpaired) electrons. The average molecular weight is 594 g/mol. The van der Waals surface area contributed by atoms with Crippen molar-refractivity contribution in [3.63, 3.8) is 0 Å². The number of amides is 2. The molecule has 0 fully saturated rings. The zero-order valence-corrected chi connectivity index (χ0v) is 26.4. The van der Waals surface area contributed by atoms with Crippen molar-refractivity contribution >= 4 is 27.5 Å². The molecular weight excluding hydrogens is 550 g/mol. The number of carbonyl (C=O) groups is 2. The number of ether oxygens (including phenoxy) is 1. The van der Waals surface area contributed by atoms with Gasteiger partial charge in [-0.2, -0.15) is 0 Å². The predicted octanol–water partition coefficient (Wildman–Crippen LogP) is 5.65. The van der Waals surface area contributed by atoms with Gasteiger partial charge < -0.3 is 15.0 Å². The molecule has 0 spiro atoms. The zero-order chi connectivity index (χ0) is 31.0. The van der Waals surface area contributed by atoms with Gasteiger partial charge in [-0.05, 0) is 80.6 Å². The molecule has 3 aromatic carbocycles. The molecule has 0 aliphatic carbocycles. The second kappa shape index (κ2) is 14.4. The van der Waals surface area contributed by atoms with Crippen LogP contribution in [0.25, 0.3) is 0 Å². The zero-order valence-electron chi connectivity index (χ0n) is 25.6. The second-order valence-corrected chi connectivity index (χ2v) is 12.9. The van der Waals surface area contributed by atoms with E-state index >= 15 is 0 Å². The number of nitrogens with zero attached hydrogens (tertiary/aromatic N) is 2. The lowest BCUT2D eigenvalue weighted by Gasteiger charge is -2.33. The van der Waals surface area contributed by atoms with Gasteiger partial charge in [0.2, 0.25) is 11.8 Å². The summed E-state index contributed by atoms with van der Waals surface area (Å²) >= 11 is 0. The van der Waals surface area contributed by atoms with E-state index < -0.39 is 28.5 Å². The minimum Gasteiger partial charge on any atom is -0.497 e. The fourth-order valence-electron chi connectivity index (χ4n) is 4.62. The Kier molecular flexibility index (Phi) is 11.2. The van der Waals surface area contributed by atoms with Gasteiger partial charge in [-0.3, -0.25) is 13.9 Å². The maximum Gasteiger partial charge on any atom is 0.264 e. The first kappa shape index (κ1) is 32.7. The number of carbonyl (C=O) groups excluding carboxylic acids is 2. The lowest BCUT2D eigenvalue weighted by Crippen LogP contribution is -2.53. The van der Waals surface area contributed by atoms with Crippen LogP contribution >= 0.6 is 0 Å². The first-order valence-corrected chi connectivity index (χ1v) is 15.7. The number of hydrogen-bond donors (Lipinski definition) is 1. The van der Waals surface area contributed by atoms with Gasteiger partial charge in [0.1, 0.15) is 18.3 Å². The van der Waals surface area contributed by atoms with E-state index in [0.29, 0.717) is 17.9 Å². The Morgan fingerprint density at radius 2 is 1.48 bits per heavy atom. The highest BCUT2D eigenvalue weighted by Gasteiger charge is 2.34. The summed E-state index contributed by atoms with van der Waals surface area (Å²) in [6, 6.07) is 20.1. The highest BCUT2D eigenvalue weighted by molar-refractivity contribution is 7.92. The van der Waals surface area contributed by atoms with Gasteiger partial charge in [0.05, 0.1) is 17.7 Å². The van der Waals surface area contributed by atoms with E-state index in [2.05, 4.69) is 19.2 Å². The summed E-state index contributed by atoms with van der Waals surface area (Å²) < 4.78 is 34.5. The molecule has 1 atom stereocenters. The summed E-state index contributed by atoms with van der Waals surface area (Å²) in [7, 11) is -2.54. The van der Waals surface area contributed by atoms with Crippen LogP contribution in [0, 0.1) is 6.92 Å². The number of nitrogens with one attached hydrogen (secondary N) is 1. The Morgan fingerprint density at radius 3 is 1.98 bits per heavy atom. The van der Waals surface area contributed by atoms with Gasteiger partial charge in [0, 0.05) is 12.6 Å². The van der Waals surface area contributed by atoms with E-state index in [-0.39, 0.29) is 29.3 Å². The SMILES string of the molecule is CC[C@H](C(=O)NC(C)C)N(Cc1ccc(OC)cc1)C(=O)CN(c1ccc(C(C)C)cc1)S(=O)(=O)c1ccc(C)cc1. The first-order valence-electron chi connectivity index (χ1n) is 14.3. The number of sulfonamides is 1. The standard InChI is InChI=1S/C33H43N3O5S/c1-8-31(33(38)34-24(4)5)35(21-26-11-17-29(41-7)18-12-26)32(37)22-36(28-15-13-27(14-16-28)23(2)3)42(39,40)30-19-9-25(6)10-20-30/h9-20,23-24,31H,8,21-22H2,1-7H3,(H,34,38)/t31-/m1/s1. The smallest absolute Gasteiger partial charge is 0.264 e. The number of benzene rings is 3. The Hall–Kier alpha value is -3.85. The fourth-order valence-corrected chi connectivity index (χ4v) is 6.03. The van der Waals surface area contributed by atoms with Gasteiger partial charge >= 0.3 is 0 Å². The molecule has 0 aliphatic rings. The molecule has 0 saturated heterocycles. The van der Waals surface area contributed by atoms with E-state index in [1.807, 2.05) is 52.0 Å². The molecule has 3 aromatic rings. The molecule has 0 aromatic heterocycles. The lowest BCUT2D eigenvalue weighted by atomic mass is 10.0. The first-order chi connectivity index (χ1) is 19.9. The molecule has 1 N–H and O–H groups in total. The van der Waals surface area contributed by atoms with Crippen LogP contribution in [0.3, 0.4) is 0 Å². The molecule has 0 saturated carbocycles. The predicted molar refractivity (Wildman–Crippen MR) is 167 cm³/mol. The third kappa shape index (κ3) is 8.12. The summed E-state index contributed by atoms with van der Waals surface area (Å²) in [6.45, 7) is 11.2. The summed E-state index contributed by atoms with van der Waals surface area (Å²) in [5, 5.41) is 2.91. The van der Waals surface area contributed by atoms with Crippen LogP contribution in [-0.2, 0) is 26.2 Å². The normalized spacial score (nSPS) is 12.2. The monoisotopic (exact) mass is 593 g/mol. The number of rotatable bonds is 13. The van der Waals surface area contributed by atoms with Crippen LogP contribution in [0.5, 0.6) is 5.75 Å². The number of methoxy groups -OCH3 is 1. The van der Waals surface area contributed by atoms with Crippen molar-refractivity contribution in [3.8, 4) is 5.75 Å². The molecule has 9 heteroatoms. The largest absolute Gasteiger partial charge is 0.497 e. The van der Waals surface area contributed by atoms with Crippen LogP contribution < -0.4 is 14.4 Å². The number of aryl methyl sites for hydroxylation is 1. The van der Waals surface area contributed by atoms with Crippen molar-refractivity contribution in [3.05, 3.63) is 89.5 Å². The summed E-state index contributed by atoms with van der Waals surface area (Å²) in [5.41, 5.74) is 3.13. The molecule has 42 heavy (non-hydrogen) atoms. The van der Waals surface area contributed by atoms with Crippen LogP contribution in [-0.4, -0.2) is 50.9 Å². The van der Waals surface area contributed by atoms with Crippen molar-refractivity contribution in [2.75, 3.05) is 18.0 Å². The van der Waals surface area contributed by atoms with Crippen molar-refractivity contribution < 1.29 is 22.7 Å². The van der Waals surface area contributed by atoms with E-state index in [1.165, 1.54) is 4.90 Å². The molecule has 2 amide bonds. The lowest BCUT2D eigenvalue weighted by molar-refractivity contribution is -0.140. The topological polar surface area (TPSA) is 96.0 Å². The van der Waals surface area contributed by atoms with E-state index in [0.717, 1.165) is 21.0 Å². The van der Waals surface area contributed by atoms with Gasteiger partial charge in [-0.1, -0.05) is 62.7 Å². The van der Waals surface area contributed by atoms with Gasteiger partial charge in [0.25, 0.3) is 10.0 Å². The Morgan fingerprint density at radius 1 is 0.881 bits per heavy atom. The Bertz CT molecular complexity index is 1430. The molecule has 8 nitrogen and oxygen atoms in total. The second-order valence-electron chi connectivity index (χ2n) is 11.0. The molecular formula is C33H43N3O5S. The maximum absolute atomic E-state index is 14.2. The highest BCUT2D eigenvalue weighted by atomic mass is 32.2. The van der Waals surface area contributed by atoms with Crippen LogP contribution in [0.4, 0.5) is 5.69 Å². The molecule has 226 valence electrons. The van der Waals surface area contributed by atoms with Gasteiger partial charge in [0.15, 0.2) is 0 Å². The van der Waals surface area contributed by atoms with Crippen LogP contribution in [0.1, 0.15) is 63.6 Å². The fraction of sp³-hybridized carbons (Fsp3) is 0.394. The third-order valence-electron chi connectivity index (χ3n) is 7.06. The van der Waals surface area contributed by atoms with Crippen molar-refractivity contribution in [1.82, 2.24) is 10.2 Å². The Balaban J connectivity index is 2.07. The van der Waals surface area contributed by atoms with Gasteiger partial charge in [-0.25, -0.2) is 8.42 Å². The minimum atomic E-state index is -4.12. The van der Waals surface area contributed by atoms with Crippen molar-refractivity contribution in [2.24, 2.45) is 0 Å². The van der Waals surface area contributed by atoms with Gasteiger partial charge in [-0.15, -0.1) is 0 Å². The number of anilines is 1. The molecule has 0 aliphatic heterocycles. The van der Waals surface area contributed by atoms with E-state index in [4.69, 9.17) is 4.74 Å². The Labute approximate surface area is 250 Å². The van der Waals surface area contributed by atoms with Crippen molar-refractivity contribution in [2.45, 2.75) is 77.4 Å². The average Bonchev–Trinajstić information content (AvgIpc) is 2.95. The van der Waals surface area contributed by atoms with Crippen LogP contribution in [0.15, 0.2) is 77.7 Å². The van der Waals surface area contributed by atoms with Crippen LogP contribution in [0.2, 0.25) is 0 Å². The molecule has 0 bridgehead atoms. The maximum atomic E-state index is 14.2. The number of hydrogen-bond acceptors (Lipinski definition) is 5. The van der Waals surface area contributed by atoms with E-state index in [1.54, 1.807) is 55.6 Å².